The van der Waals surface area contributed by atoms with Gasteiger partial charge in [-0.05, 0) is 34.6 Å². The van der Waals surface area contributed by atoms with Crippen molar-refractivity contribution in [1.82, 2.24) is 10.6 Å². The second kappa shape index (κ2) is 12.4. The van der Waals surface area contributed by atoms with Gasteiger partial charge in [-0.2, -0.15) is 0 Å². The van der Waals surface area contributed by atoms with Gasteiger partial charge in [0.05, 0.1) is 6.04 Å². The number of nitrogens with one attached hydrogen (secondary N) is 2. The van der Waals surface area contributed by atoms with Crippen molar-refractivity contribution >= 4 is 12.0 Å². The van der Waals surface area contributed by atoms with Crippen LogP contribution in [0.5, 0.6) is 0 Å². The Labute approximate surface area is 207 Å². The van der Waals surface area contributed by atoms with Crippen LogP contribution in [-0.2, 0) is 19.0 Å². The summed E-state index contributed by atoms with van der Waals surface area (Å²) < 4.78 is 16.2. The lowest BCUT2D eigenvalue weighted by Crippen LogP contribution is -2.53. The number of carbonyl (C=O) groups is 2. The van der Waals surface area contributed by atoms with E-state index in [9.17, 15) is 9.59 Å². The molecule has 2 amide bonds. The molecule has 0 aliphatic heterocycles. The molecule has 0 bridgehead atoms. The van der Waals surface area contributed by atoms with Crippen LogP contribution in [-0.4, -0.2) is 51.2 Å². The molecular weight excluding hydrogens is 444 g/mol. The molecule has 0 radical (unpaired) electrons. The predicted octanol–water partition coefficient (Wildman–Crippen LogP) is 4.07. The van der Waals surface area contributed by atoms with Gasteiger partial charge in [0, 0.05) is 26.6 Å². The van der Waals surface area contributed by atoms with Gasteiger partial charge < -0.3 is 24.8 Å². The minimum Gasteiger partial charge on any atom is -0.449 e. The molecule has 0 saturated carbocycles. The Morgan fingerprint density at radius 1 is 0.971 bits per heavy atom. The van der Waals surface area contributed by atoms with Crippen LogP contribution in [0.1, 0.15) is 43.7 Å². The highest BCUT2D eigenvalue weighted by atomic mass is 16.7. The minimum atomic E-state index is -0.791. The van der Waals surface area contributed by atoms with Gasteiger partial charge in [0.15, 0.2) is 6.29 Å². The molecule has 0 fully saturated rings. The average molecular weight is 479 g/mol. The van der Waals surface area contributed by atoms with Gasteiger partial charge in [0.25, 0.3) is 0 Å². The molecule has 0 aromatic heterocycles. The molecule has 0 heterocycles. The number of hydrogen-bond donors (Lipinski definition) is 2. The van der Waals surface area contributed by atoms with Crippen molar-refractivity contribution in [3.63, 3.8) is 0 Å². The lowest BCUT2D eigenvalue weighted by Gasteiger charge is -2.27. The SMILES string of the molecule is C#CC[C@H](NC(=O)[C@H](CC(C)C)NC(=O)OCC1c2ccccc2-c2ccccc21)C(OC)OC. The molecule has 1 aliphatic carbocycles. The van der Waals surface area contributed by atoms with Crippen molar-refractivity contribution in [1.29, 1.82) is 0 Å². The van der Waals surface area contributed by atoms with E-state index in [0.717, 1.165) is 22.3 Å². The topological polar surface area (TPSA) is 85.9 Å². The number of fused-ring (bicyclic) bond motifs is 3. The van der Waals surface area contributed by atoms with Crippen LogP contribution >= 0.6 is 0 Å². The molecule has 2 atom stereocenters. The van der Waals surface area contributed by atoms with E-state index in [1.54, 1.807) is 0 Å². The maximum absolute atomic E-state index is 13.1. The van der Waals surface area contributed by atoms with Gasteiger partial charge in [0.2, 0.25) is 5.91 Å². The normalized spacial score (nSPS) is 14.1. The Morgan fingerprint density at radius 3 is 2.06 bits per heavy atom. The summed E-state index contributed by atoms with van der Waals surface area (Å²) in [4.78, 5) is 25.8. The molecule has 7 heteroatoms. The molecular formula is C28H34N2O5. The highest BCUT2D eigenvalue weighted by Crippen LogP contribution is 2.44. The third-order valence-electron chi connectivity index (χ3n) is 6.12. The quantitative estimate of drug-likeness (QED) is 0.376. The van der Waals surface area contributed by atoms with Crippen molar-refractivity contribution in [2.45, 2.75) is 51.0 Å². The lowest BCUT2D eigenvalue weighted by atomic mass is 9.98. The third-order valence-corrected chi connectivity index (χ3v) is 6.12. The second-order valence-corrected chi connectivity index (χ2v) is 9.02. The van der Waals surface area contributed by atoms with Gasteiger partial charge in [-0.25, -0.2) is 4.79 Å². The molecule has 2 N–H and O–H groups in total. The zero-order valence-electron chi connectivity index (χ0n) is 20.7. The van der Waals surface area contributed by atoms with E-state index >= 15 is 0 Å². The zero-order chi connectivity index (χ0) is 25.4. The van der Waals surface area contributed by atoms with Gasteiger partial charge in [0.1, 0.15) is 12.6 Å². The summed E-state index contributed by atoms with van der Waals surface area (Å²) in [6, 6.07) is 14.9. The molecule has 0 saturated heterocycles. The van der Waals surface area contributed by atoms with E-state index in [4.69, 9.17) is 20.6 Å². The number of ether oxygens (including phenoxy) is 3. The van der Waals surface area contributed by atoms with Crippen LogP contribution in [0.3, 0.4) is 0 Å². The highest BCUT2D eigenvalue weighted by Gasteiger charge is 2.31. The van der Waals surface area contributed by atoms with E-state index in [0.29, 0.717) is 6.42 Å². The van der Waals surface area contributed by atoms with Gasteiger partial charge in [-0.1, -0.05) is 62.4 Å². The van der Waals surface area contributed by atoms with E-state index in [2.05, 4.69) is 40.8 Å². The Bertz CT molecular complexity index is 1010. The van der Waals surface area contributed by atoms with Crippen LogP contribution < -0.4 is 10.6 Å². The summed E-state index contributed by atoms with van der Waals surface area (Å²) in [6.45, 7) is 4.13. The van der Waals surface area contributed by atoms with E-state index in [1.807, 2.05) is 38.1 Å². The largest absolute Gasteiger partial charge is 0.449 e. The fourth-order valence-electron chi connectivity index (χ4n) is 4.54. The van der Waals surface area contributed by atoms with E-state index < -0.39 is 24.5 Å². The van der Waals surface area contributed by atoms with Crippen molar-refractivity contribution in [3.8, 4) is 23.5 Å². The minimum absolute atomic E-state index is 0.0605. The third kappa shape index (κ3) is 6.41. The number of terminal acetylenes is 1. The number of alkyl carbamates (subject to hydrolysis) is 1. The zero-order valence-corrected chi connectivity index (χ0v) is 20.7. The number of rotatable bonds is 11. The number of benzene rings is 2. The van der Waals surface area contributed by atoms with Crippen LogP contribution in [0.15, 0.2) is 48.5 Å². The number of carbonyl (C=O) groups excluding carboxylic acids is 2. The first kappa shape index (κ1) is 26.3. The molecule has 3 rings (SSSR count). The number of hydrogen-bond acceptors (Lipinski definition) is 5. The first-order chi connectivity index (χ1) is 16.9. The lowest BCUT2D eigenvalue weighted by molar-refractivity contribution is -0.138. The molecule has 1 aliphatic rings. The Morgan fingerprint density at radius 2 is 1.54 bits per heavy atom. The fourth-order valence-corrected chi connectivity index (χ4v) is 4.54. The summed E-state index contributed by atoms with van der Waals surface area (Å²) in [7, 11) is 2.95. The molecule has 2 aromatic carbocycles. The smallest absolute Gasteiger partial charge is 0.407 e. The fraction of sp³-hybridized carbons (Fsp3) is 0.429. The molecule has 0 unspecified atom stereocenters. The van der Waals surface area contributed by atoms with Gasteiger partial charge in [-0.3, -0.25) is 4.79 Å². The van der Waals surface area contributed by atoms with Crippen LogP contribution in [0.2, 0.25) is 0 Å². The van der Waals surface area contributed by atoms with Crippen molar-refractivity contribution < 1.29 is 23.8 Å². The molecule has 186 valence electrons. The number of amides is 2. The maximum atomic E-state index is 13.1. The van der Waals surface area contributed by atoms with E-state index in [1.165, 1.54) is 14.2 Å². The standard InChI is InChI=1S/C28H34N2O5/c1-6-11-24(27(33-4)34-5)29-26(31)25(16-18(2)3)30-28(32)35-17-23-21-14-9-7-12-19(21)20-13-8-10-15-22(20)23/h1,7-10,12-15,18,23-25,27H,11,16-17H2,2-5H3,(H,29,31)(H,30,32)/t24-,25-/m0/s1. The highest BCUT2D eigenvalue weighted by molar-refractivity contribution is 5.86. The maximum Gasteiger partial charge on any atom is 0.407 e. The second-order valence-electron chi connectivity index (χ2n) is 9.02. The van der Waals surface area contributed by atoms with E-state index in [-0.39, 0.29) is 30.8 Å². The van der Waals surface area contributed by atoms with Crippen molar-refractivity contribution in [2.75, 3.05) is 20.8 Å². The molecule has 2 aromatic rings. The molecule has 0 spiro atoms. The summed E-state index contributed by atoms with van der Waals surface area (Å²) in [5.41, 5.74) is 4.56. The average Bonchev–Trinajstić information content (AvgIpc) is 3.16. The Kier molecular flexibility index (Phi) is 9.30. The summed E-state index contributed by atoms with van der Waals surface area (Å²) in [5, 5.41) is 5.59. The Balaban J connectivity index is 1.67. The van der Waals surface area contributed by atoms with Crippen LogP contribution in [0, 0.1) is 18.3 Å². The number of methoxy groups -OCH3 is 2. The van der Waals surface area contributed by atoms with Gasteiger partial charge >= 0.3 is 6.09 Å². The first-order valence-electron chi connectivity index (χ1n) is 11.8. The first-order valence-corrected chi connectivity index (χ1v) is 11.8. The van der Waals surface area contributed by atoms with Crippen LogP contribution in [0.25, 0.3) is 11.1 Å². The molecule has 7 nitrogen and oxygen atoms in total. The monoisotopic (exact) mass is 478 g/mol. The van der Waals surface area contributed by atoms with Gasteiger partial charge in [-0.15, -0.1) is 12.3 Å². The predicted molar refractivity (Wildman–Crippen MR) is 135 cm³/mol. The summed E-state index contributed by atoms with van der Waals surface area (Å²) in [5.74, 6) is 2.25. The summed E-state index contributed by atoms with van der Waals surface area (Å²) >= 11 is 0. The molecule has 35 heavy (non-hydrogen) atoms. The van der Waals surface area contributed by atoms with Crippen molar-refractivity contribution in [2.24, 2.45) is 5.92 Å². The van der Waals surface area contributed by atoms with Crippen molar-refractivity contribution in [3.05, 3.63) is 59.7 Å². The Hall–Kier alpha value is -3.34. The van der Waals surface area contributed by atoms with Crippen LogP contribution in [0.4, 0.5) is 4.79 Å². The summed E-state index contributed by atoms with van der Waals surface area (Å²) in [6.07, 6.45) is 4.76.